The minimum Gasteiger partial charge on any atom is -0.310 e. The van der Waals surface area contributed by atoms with Crippen LogP contribution in [0, 0.1) is 0 Å². The molecule has 1 N–H and O–H groups in total. The van der Waals surface area contributed by atoms with Gasteiger partial charge in [-0.3, -0.25) is 4.79 Å². The molecule has 0 bridgehead atoms. The van der Waals surface area contributed by atoms with E-state index in [4.69, 9.17) is 12.2 Å². The number of nitrogens with one attached hydrogen (secondary N) is 1. The Morgan fingerprint density at radius 1 is 1.69 bits per heavy atom. The minimum atomic E-state index is -0.496. The third-order valence-corrected chi connectivity index (χ3v) is 3.99. The van der Waals surface area contributed by atoms with Crippen molar-refractivity contribution in [3.8, 4) is 0 Å². The van der Waals surface area contributed by atoms with Gasteiger partial charge in [0.2, 0.25) is 5.91 Å². The number of amides is 1. The fraction of sp³-hybridized carbons (Fsp3) is 0.714. The van der Waals surface area contributed by atoms with Crippen molar-refractivity contribution in [2.45, 2.75) is 4.75 Å². The number of rotatable bonds is 3. The number of nitrogens with zero attached hydrogens (tertiary/aromatic N) is 1. The highest BCUT2D eigenvalue weighted by Crippen LogP contribution is 2.33. The van der Waals surface area contributed by atoms with E-state index in [-0.39, 0.29) is 5.91 Å². The Labute approximate surface area is 93.0 Å². The fourth-order valence-electron chi connectivity index (χ4n) is 1.22. The van der Waals surface area contributed by atoms with Crippen molar-refractivity contribution < 1.29 is 4.79 Å². The van der Waals surface area contributed by atoms with Crippen molar-refractivity contribution in [1.29, 1.82) is 0 Å². The van der Waals surface area contributed by atoms with Crippen LogP contribution in [0.4, 0.5) is 0 Å². The normalized spacial score (nSPS) is 28.3. The molecule has 1 heterocycles. The van der Waals surface area contributed by atoms with Gasteiger partial charge >= 0.3 is 0 Å². The maximum atomic E-state index is 11.6. The molecule has 0 aliphatic carbocycles. The largest absolute Gasteiger partial charge is 0.310 e. The van der Waals surface area contributed by atoms with E-state index in [1.807, 2.05) is 19.0 Å². The van der Waals surface area contributed by atoms with Crippen molar-refractivity contribution in [3.05, 3.63) is 0 Å². The molecule has 1 unspecified atom stereocenters. The Morgan fingerprint density at radius 3 is 2.62 bits per heavy atom. The van der Waals surface area contributed by atoms with Crippen LogP contribution in [0.3, 0.4) is 0 Å². The number of thioether (sulfide) groups is 1. The second kappa shape index (κ2) is 4.16. The van der Waals surface area contributed by atoms with Crippen molar-refractivity contribution in [2.75, 3.05) is 26.4 Å². The first kappa shape index (κ1) is 11.3. The van der Waals surface area contributed by atoms with Crippen LogP contribution in [0.2, 0.25) is 0 Å². The van der Waals surface area contributed by atoms with Gasteiger partial charge in [0.05, 0.1) is 0 Å². The number of carbonyl (C=O) groups excluding carboxylic acids is 1. The van der Waals surface area contributed by atoms with Gasteiger partial charge in [-0.05, 0) is 14.1 Å². The smallest absolute Gasteiger partial charge is 0.244 e. The maximum Gasteiger partial charge on any atom is 0.244 e. The lowest BCUT2D eigenvalue weighted by Crippen LogP contribution is -2.46. The van der Waals surface area contributed by atoms with Gasteiger partial charge < -0.3 is 10.2 Å². The average Bonchev–Trinajstić information content (AvgIpc) is 2.26. The highest BCUT2D eigenvalue weighted by atomic mass is 32.2. The number of thiol groups is 1. The van der Waals surface area contributed by atoms with Crippen LogP contribution in [0.5, 0.6) is 0 Å². The zero-order chi connectivity index (χ0) is 10.1. The number of carbonyl (C=O) groups is 1. The van der Waals surface area contributed by atoms with E-state index in [0.717, 1.165) is 0 Å². The summed E-state index contributed by atoms with van der Waals surface area (Å²) in [5, 5.41) is 2.64. The van der Waals surface area contributed by atoms with E-state index in [9.17, 15) is 4.79 Å². The molecule has 1 rings (SSSR count). The summed E-state index contributed by atoms with van der Waals surface area (Å²) in [6.45, 7) is 0.660. The molecule has 0 radical (unpaired) electrons. The Hall–Kier alpha value is 0.220. The molecular weight excluding hydrogens is 224 g/mol. The molecule has 1 fully saturated rings. The predicted molar refractivity (Wildman–Crippen MR) is 63.5 cm³/mol. The maximum absolute atomic E-state index is 11.6. The van der Waals surface area contributed by atoms with Crippen molar-refractivity contribution in [1.82, 2.24) is 10.2 Å². The standard InChI is InChI=1S/C7H12N2OS3/c1-9(2)3-7(4-11)5(10)8-6(12)13-7/h11H,3-4H2,1-2H3,(H,8,10,12). The van der Waals surface area contributed by atoms with Gasteiger partial charge in [-0.25, -0.2) is 0 Å². The SMILES string of the molecule is CN(C)CC1(CS)SC(=S)NC1=O. The Bertz CT molecular complexity index is 244. The van der Waals surface area contributed by atoms with Gasteiger partial charge in [-0.15, -0.1) is 0 Å². The van der Waals surface area contributed by atoms with Crippen LogP contribution in [-0.4, -0.2) is 46.3 Å². The first-order chi connectivity index (χ1) is 6.00. The second-order valence-electron chi connectivity index (χ2n) is 3.23. The molecule has 13 heavy (non-hydrogen) atoms. The lowest BCUT2D eigenvalue weighted by atomic mass is 10.1. The van der Waals surface area contributed by atoms with Gasteiger partial charge in [0, 0.05) is 12.3 Å². The summed E-state index contributed by atoms with van der Waals surface area (Å²) in [7, 11) is 3.86. The first-order valence-electron chi connectivity index (χ1n) is 3.80. The summed E-state index contributed by atoms with van der Waals surface area (Å²) in [6.07, 6.45) is 0. The Balaban J connectivity index is 2.80. The summed E-state index contributed by atoms with van der Waals surface area (Å²) in [6, 6.07) is 0. The fourth-order valence-corrected chi connectivity index (χ4v) is 3.26. The topological polar surface area (TPSA) is 32.3 Å². The summed E-state index contributed by atoms with van der Waals surface area (Å²) < 4.78 is 0.0601. The van der Waals surface area contributed by atoms with E-state index in [2.05, 4.69) is 17.9 Å². The van der Waals surface area contributed by atoms with Crippen LogP contribution < -0.4 is 5.32 Å². The molecule has 1 saturated heterocycles. The van der Waals surface area contributed by atoms with Gasteiger partial charge in [-0.1, -0.05) is 24.0 Å². The van der Waals surface area contributed by atoms with Gasteiger partial charge in [-0.2, -0.15) is 12.6 Å². The molecule has 1 aliphatic heterocycles. The predicted octanol–water partition coefficient (Wildman–Crippen LogP) is 0.364. The number of hydrogen-bond acceptors (Lipinski definition) is 5. The number of hydrogen-bond donors (Lipinski definition) is 2. The molecule has 6 heteroatoms. The highest BCUT2D eigenvalue weighted by molar-refractivity contribution is 8.25. The minimum absolute atomic E-state index is 0.0220. The molecule has 0 aromatic heterocycles. The molecule has 1 aliphatic rings. The molecule has 0 aromatic rings. The first-order valence-corrected chi connectivity index (χ1v) is 5.66. The van der Waals surface area contributed by atoms with Crippen LogP contribution in [0.15, 0.2) is 0 Å². The van der Waals surface area contributed by atoms with E-state index >= 15 is 0 Å². The zero-order valence-corrected chi connectivity index (χ0v) is 10.1. The van der Waals surface area contributed by atoms with Crippen molar-refractivity contribution in [3.63, 3.8) is 0 Å². The molecule has 0 aromatic carbocycles. The van der Waals surface area contributed by atoms with Gasteiger partial charge in [0.15, 0.2) is 0 Å². The Kier molecular flexibility index (Phi) is 3.62. The van der Waals surface area contributed by atoms with E-state index in [1.165, 1.54) is 11.8 Å². The zero-order valence-electron chi connectivity index (χ0n) is 7.53. The Morgan fingerprint density at radius 2 is 2.31 bits per heavy atom. The summed E-state index contributed by atoms with van der Waals surface area (Å²) in [5.74, 6) is 0.480. The van der Waals surface area contributed by atoms with E-state index < -0.39 is 4.75 Å². The van der Waals surface area contributed by atoms with E-state index in [1.54, 1.807) is 0 Å². The molecule has 0 saturated carbocycles. The third kappa shape index (κ3) is 2.37. The van der Waals surface area contributed by atoms with E-state index in [0.29, 0.717) is 16.6 Å². The summed E-state index contributed by atoms with van der Waals surface area (Å²) in [4.78, 5) is 13.5. The molecule has 3 nitrogen and oxygen atoms in total. The summed E-state index contributed by atoms with van der Waals surface area (Å²) >= 11 is 10.6. The van der Waals surface area contributed by atoms with Gasteiger partial charge in [0.25, 0.3) is 0 Å². The van der Waals surface area contributed by atoms with Gasteiger partial charge in [0.1, 0.15) is 9.07 Å². The highest BCUT2D eigenvalue weighted by Gasteiger charge is 2.45. The molecule has 1 amide bonds. The third-order valence-electron chi connectivity index (χ3n) is 1.74. The quantitative estimate of drug-likeness (QED) is 0.548. The van der Waals surface area contributed by atoms with Crippen molar-refractivity contribution >= 4 is 46.8 Å². The molecule has 74 valence electrons. The van der Waals surface area contributed by atoms with Crippen LogP contribution in [-0.2, 0) is 4.79 Å². The molecule has 1 atom stereocenters. The van der Waals surface area contributed by atoms with Crippen molar-refractivity contribution in [2.24, 2.45) is 0 Å². The monoisotopic (exact) mass is 236 g/mol. The molecule has 0 spiro atoms. The van der Waals surface area contributed by atoms with Crippen LogP contribution in [0.25, 0.3) is 0 Å². The lowest BCUT2D eigenvalue weighted by Gasteiger charge is -2.25. The van der Waals surface area contributed by atoms with Crippen LogP contribution in [0.1, 0.15) is 0 Å². The molecular formula is C7H12N2OS3. The second-order valence-corrected chi connectivity index (χ2v) is 5.61. The summed E-state index contributed by atoms with van der Waals surface area (Å²) in [5.41, 5.74) is 0. The average molecular weight is 236 g/mol. The lowest BCUT2D eigenvalue weighted by molar-refractivity contribution is -0.121. The number of thiocarbonyl (C=S) groups is 1. The van der Waals surface area contributed by atoms with Crippen LogP contribution >= 0.6 is 36.6 Å².